The number of carbonyl (C=O) groups excluding carboxylic acids is 2. The standard InChI is InChI=1S/C20H21BrO3/c1-2-24-20(23)17(9-8-15-6-4-3-5-7-15)14-19(22)16-10-12-18(21)13-11-16/h3-7,10-13,17H,2,8-9,14H2,1H3. The molecule has 126 valence electrons. The third kappa shape index (κ3) is 5.60. The Morgan fingerprint density at radius 3 is 2.33 bits per heavy atom. The van der Waals surface area contributed by atoms with Crippen molar-refractivity contribution in [1.82, 2.24) is 0 Å². The van der Waals surface area contributed by atoms with Crippen LogP contribution in [0.2, 0.25) is 0 Å². The molecule has 4 heteroatoms. The molecule has 0 aliphatic carbocycles. The first-order valence-corrected chi connectivity index (χ1v) is 8.88. The molecule has 0 radical (unpaired) electrons. The van der Waals surface area contributed by atoms with Crippen molar-refractivity contribution in [2.24, 2.45) is 5.92 Å². The molecular formula is C20H21BrO3. The summed E-state index contributed by atoms with van der Waals surface area (Å²) in [5.74, 6) is -0.742. The second-order valence-corrected chi connectivity index (χ2v) is 6.52. The molecule has 1 atom stereocenters. The van der Waals surface area contributed by atoms with Gasteiger partial charge in [0.1, 0.15) is 0 Å². The zero-order valence-electron chi connectivity index (χ0n) is 13.7. The highest BCUT2D eigenvalue weighted by Gasteiger charge is 2.23. The van der Waals surface area contributed by atoms with Crippen molar-refractivity contribution in [2.75, 3.05) is 6.61 Å². The van der Waals surface area contributed by atoms with Gasteiger partial charge < -0.3 is 4.74 Å². The lowest BCUT2D eigenvalue weighted by Crippen LogP contribution is -2.22. The first-order chi connectivity index (χ1) is 11.6. The molecule has 3 nitrogen and oxygen atoms in total. The largest absolute Gasteiger partial charge is 0.466 e. The molecule has 0 saturated heterocycles. The smallest absolute Gasteiger partial charge is 0.309 e. The Morgan fingerprint density at radius 2 is 1.71 bits per heavy atom. The van der Waals surface area contributed by atoms with Gasteiger partial charge in [0.2, 0.25) is 0 Å². The van der Waals surface area contributed by atoms with Crippen LogP contribution >= 0.6 is 15.9 Å². The van der Waals surface area contributed by atoms with E-state index in [0.29, 0.717) is 18.6 Å². The van der Waals surface area contributed by atoms with Gasteiger partial charge in [-0.3, -0.25) is 9.59 Å². The molecule has 0 heterocycles. The van der Waals surface area contributed by atoms with Gasteiger partial charge in [-0.1, -0.05) is 58.4 Å². The van der Waals surface area contributed by atoms with Crippen LogP contribution < -0.4 is 0 Å². The molecule has 0 bridgehead atoms. The van der Waals surface area contributed by atoms with Gasteiger partial charge in [0.25, 0.3) is 0 Å². The van der Waals surface area contributed by atoms with Crippen molar-refractivity contribution in [2.45, 2.75) is 26.2 Å². The van der Waals surface area contributed by atoms with E-state index in [0.717, 1.165) is 16.5 Å². The van der Waals surface area contributed by atoms with Gasteiger partial charge in [-0.15, -0.1) is 0 Å². The summed E-state index contributed by atoms with van der Waals surface area (Å²) in [4.78, 5) is 24.7. The lowest BCUT2D eigenvalue weighted by atomic mass is 9.92. The Balaban J connectivity index is 2.03. The number of rotatable bonds is 8. The number of hydrogen-bond acceptors (Lipinski definition) is 3. The summed E-state index contributed by atoms with van der Waals surface area (Å²) < 4.78 is 6.07. The summed E-state index contributed by atoms with van der Waals surface area (Å²) in [5.41, 5.74) is 1.77. The maximum atomic E-state index is 12.5. The number of halogens is 1. The number of benzene rings is 2. The highest BCUT2D eigenvalue weighted by Crippen LogP contribution is 2.19. The topological polar surface area (TPSA) is 43.4 Å². The van der Waals surface area contributed by atoms with Crippen LogP contribution in [0.5, 0.6) is 0 Å². The maximum Gasteiger partial charge on any atom is 0.309 e. The van der Waals surface area contributed by atoms with Crippen molar-refractivity contribution in [1.29, 1.82) is 0 Å². The number of Topliss-reactive ketones (excluding diaryl/α,β-unsaturated/α-hetero) is 1. The third-order valence-electron chi connectivity index (χ3n) is 3.84. The highest BCUT2D eigenvalue weighted by molar-refractivity contribution is 9.10. The molecule has 2 aromatic rings. The molecule has 2 rings (SSSR count). The summed E-state index contributed by atoms with van der Waals surface area (Å²) in [7, 11) is 0. The number of aryl methyl sites for hydroxylation is 1. The first kappa shape index (κ1) is 18.4. The number of hydrogen-bond donors (Lipinski definition) is 0. The molecule has 0 saturated carbocycles. The Hall–Kier alpha value is -1.94. The zero-order valence-corrected chi connectivity index (χ0v) is 15.3. The van der Waals surface area contributed by atoms with Crippen LogP contribution in [0.4, 0.5) is 0 Å². The van der Waals surface area contributed by atoms with E-state index in [9.17, 15) is 9.59 Å². The van der Waals surface area contributed by atoms with Crippen LogP contribution in [0.25, 0.3) is 0 Å². The van der Waals surface area contributed by atoms with Crippen LogP contribution in [0.15, 0.2) is 59.1 Å². The van der Waals surface area contributed by atoms with Crippen LogP contribution in [0.1, 0.15) is 35.7 Å². The Bertz CT molecular complexity index is 665. The number of carbonyl (C=O) groups is 2. The molecular weight excluding hydrogens is 368 g/mol. The second-order valence-electron chi connectivity index (χ2n) is 5.61. The third-order valence-corrected chi connectivity index (χ3v) is 4.37. The average Bonchev–Trinajstić information content (AvgIpc) is 2.60. The molecule has 0 N–H and O–H groups in total. The normalized spacial score (nSPS) is 11.8. The summed E-state index contributed by atoms with van der Waals surface area (Å²) >= 11 is 3.35. The minimum Gasteiger partial charge on any atom is -0.466 e. The highest BCUT2D eigenvalue weighted by atomic mass is 79.9. The van der Waals surface area contributed by atoms with Crippen molar-refractivity contribution in [3.63, 3.8) is 0 Å². The molecule has 0 aliphatic heterocycles. The Labute approximate surface area is 151 Å². The van der Waals surface area contributed by atoms with E-state index in [1.165, 1.54) is 0 Å². The molecule has 1 unspecified atom stereocenters. The predicted molar refractivity (Wildman–Crippen MR) is 98.0 cm³/mol. The fourth-order valence-corrected chi connectivity index (χ4v) is 2.79. The van der Waals surface area contributed by atoms with E-state index in [1.807, 2.05) is 42.5 Å². The van der Waals surface area contributed by atoms with E-state index < -0.39 is 5.92 Å². The lowest BCUT2D eigenvalue weighted by Gasteiger charge is -2.15. The molecule has 0 aromatic heterocycles. The van der Waals surface area contributed by atoms with Crippen molar-refractivity contribution in [3.05, 3.63) is 70.2 Å². The Kier molecular flexibility index (Phi) is 7.19. The van der Waals surface area contributed by atoms with Crippen molar-refractivity contribution in [3.8, 4) is 0 Å². The number of ketones is 1. The Morgan fingerprint density at radius 1 is 1.04 bits per heavy atom. The van der Waals surface area contributed by atoms with Crippen LogP contribution in [0, 0.1) is 5.92 Å². The summed E-state index contributed by atoms with van der Waals surface area (Å²) in [6, 6.07) is 17.2. The van der Waals surface area contributed by atoms with E-state index in [-0.39, 0.29) is 18.2 Å². The summed E-state index contributed by atoms with van der Waals surface area (Å²) in [6.45, 7) is 2.11. The van der Waals surface area contributed by atoms with E-state index in [4.69, 9.17) is 4.74 Å². The summed E-state index contributed by atoms with van der Waals surface area (Å²) in [6.07, 6.45) is 1.52. The second kappa shape index (κ2) is 9.38. The molecule has 0 spiro atoms. The first-order valence-electron chi connectivity index (χ1n) is 8.09. The number of ether oxygens (including phenoxy) is 1. The average molecular weight is 389 g/mol. The van der Waals surface area contributed by atoms with Crippen LogP contribution in [-0.2, 0) is 16.0 Å². The fourth-order valence-electron chi connectivity index (χ4n) is 2.53. The zero-order chi connectivity index (χ0) is 17.4. The van der Waals surface area contributed by atoms with Gasteiger partial charge in [-0.25, -0.2) is 0 Å². The minimum atomic E-state index is -0.415. The maximum absolute atomic E-state index is 12.5. The van der Waals surface area contributed by atoms with Crippen molar-refractivity contribution >= 4 is 27.7 Å². The SMILES string of the molecule is CCOC(=O)C(CCc1ccccc1)CC(=O)c1ccc(Br)cc1. The molecule has 2 aromatic carbocycles. The monoisotopic (exact) mass is 388 g/mol. The van der Waals surface area contributed by atoms with E-state index >= 15 is 0 Å². The van der Waals surface area contributed by atoms with Gasteiger partial charge in [-0.05, 0) is 37.5 Å². The number of esters is 1. The van der Waals surface area contributed by atoms with Gasteiger partial charge in [-0.2, -0.15) is 0 Å². The van der Waals surface area contributed by atoms with Gasteiger partial charge in [0.15, 0.2) is 5.78 Å². The minimum absolute atomic E-state index is 0.0337. The fraction of sp³-hybridized carbons (Fsp3) is 0.300. The van der Waals surface area contributed by atoms with Gasteiger partial charge >= 0.3 is 5.97 Å². The van der Waals surface area contributed by atoms with E-state index in [2.05, 4.69) is 15.9 Å². The molecule has 24 heavy (non-hydrogen) atoms. The predicted octanol–water partition coefficient (Wildman–Crippen LogP) is 4.83. The molecule has 0 amide bonds. The molecule has 0 aliphatic rings. The van der Waals surface area contributed by atoms with Crippen LogP contribution in [0.3, 0.4) is 0 Å². The van der Waals surface area contributed by atoms with Crippen LogP contribution in [-0.4, -0.2) is 18.4 Å². The van der Waals surface area contributed by atoms with Gasteiger partial charge in [0, 0.05) is 16.5 Å². The summed E-state index contributed by atoms with van der Waals surface area (Å²) in [5, 5.41) is 0. The van der Waals surface area contributed by atoms with E-state index in [1.54, 1.807) is 19.1 Å². The lowest BCUT2D eigenvalue weighted by molar-refractivity contribution is -0.148. The molecule has 0 fully saturated rings. The quantitative estimate of drug-likeness (QED) is 0.480. The van der Waals surface area contributed by atoms with Crippen molar-refractivity contribution < 1.29 is 14.3 Å². The van der Waals surface area contributed by atoms with Gasteiger partial charge in [0.05, 0.1) is 12.5 Å².